The van der Waals surface area contributed by atoms with Crippen LogP contribution in [0.3, 0.4) is 0 Å². The molecule has 0 radical (unpaired) electrons. The Morgan fingerprint density at radius 2 is 0.711 bits per heavy atom. The highest BCUT2D eigenvalue weighted by Gasteiger charge is 2.51. The molecule has 3 heteroatoms. The monoisotopic (exact) mass is 588 g/mol. The smallest absolute Gasteiger partial charge is 0.340 e. The van der Waals surface area contributed by atoms with Crippen molar-refractivity contribution >= 4 is 62.4 Å². The van der Waals surface area contributed by atoms with Crippen molar-refractivity contribution in [1.82, 2.24) is 8.47 Å². The Balaban J connectivity index is 1.43. The average Bonchev–Trinajstić information content (AvgIpc) is 3.75. The van der Waals surface area contributed by atoms with Crippen LogP contribution in [-0.4, -0.2) is 16.9 Å². The van der Waals surface area contributed by atoms with Crippen LogP contribution in [0.1, 0.15) is 0 Å². The summed E-state index contributed by atoms with van der Waals surface area (Å²) < 4.78 is 5.56. The molecule has 1 aliphatic rings. The van der Waals surface area contributed by atoms with Crippen molar-refractivity contribution in [3.8, 4) is 22.3 Å². The molecule has 0 fully saturated rings. The summed E-state index contributed by atoms with van der Waals surface area (Å²) in [6.45, 7) is 0. The fourth-order valence-corrected chi connectivity index (χ4v) is 13.2. The maximum absolute atomic E-state index is 3.01. The highest BCUT2D eigenvalue weighted by atomic mass is 28.3. The van der Waals surface area contributed by atoms with E-state index in [1.807, 2.05) is 0 Å². The second-order valence-corrected chi connectivity index (χ2v) is 15.5. The van der Waals surface area contributed by atoms with Gasteiger partial charge in [0.1, 0.15) is 0 Å². The van der Waals surface area contributed by atoms with Crippen LogP contribution < -0.4 is 10.4 Å². The molecule has 2 aromatic heterocycles. The van der Waals surface area contributed by atoms with Crippen LogP contribution in [0.2, 0.25) is 0 Å². The highest BCUT2D eigenvalue weighted by molar-refractivity contribution is 7.03. The van der Waals surface area contributed by atoms with Gasteiger partial charge in [-0.1, -0.05) is 158 Å². The number of benzene rings is 7. The van der Waals surface area contributed by atoms with Crippen molar-refractivity contribution in [1.29, 1.82) is 0 Å². The molecule has 0 N–H and O–H groups in total. The molecular formula is C42H28N2Si. The second-order valence-electron chi connectivity index (χ2n) is 12.1. The van der Waals surface area contributed by atoms with Gasteiger partial charge in [-0.25, -0.2) is 0 Å². The first kappa shape index (κ1) is 24.8. The van der Waals surface area contributed by atoms with E-state index < -0.39 is 8.40 Å². The van der Waals surface area contributed by atoms with Gasteiger partial charge < -0.3 is 8.47 Å². The van der Waals surface area contributed by atoms with Crippen molar-refractivity contribution in [3.05, 3.63) is 170 Å². The lowest BCUT2D eigenvalue weighted by Crippen LogP contribution is -2.68. The number of aromatic nitrogens is 2. The van der Waals surface area contributed by atoms with Crippen molar-refractivity contribution in [2.45, 2.75) is 0 Å². The lowest BCUT2D eigenvalue weighted by atomic mass is 10.1. The molecule has 1 aliphatic heterocycles. The molecule has 0 aliphatic carbocycles. The minimum atomic E-state index is -3.01. The average molecular weight is 589 g/mol. The van der Waals surface area contributed by atoms with E-state index in [1.54, 1.807) is 0 Å². The predicted molar refractivity (Wildman–Crippen MR) is 192 cm³/mol. The number of para-hydroxylation sites is 2. The van der Waals surface area contributed by atoms with E-state index in [4.69, 9.17) is 0 Å². The summed E-state index contributed by atoms with van der Waals surface area (Å²) in [5, 5.41) is 8.04. The van der Waals surface area contributed by atoms with Gasteiger partial charge in [-0.15, -0.1) is 0 Å². The van der Waals surface area contributed by atoms with Gasteiger partial charge in [-0.2, -0.15) is 0 Å². The van der Waals surface area contributed by atoms with Crippen LogP contribution in [-0.2, 0) is 0 Å². The Hall–Kier alpha value is -5.64. The molecule has 210 valence electrons. The summed E-state index contributed by atoms with van der Waals surface area (Å²) in [6, 6.07) is 63.2. The molecular weight excluding hydrogens is 561 g/mol. The van der Waals surface area contributed by atoms with Gasteiger partial charge in [0.15, 0.2) is 0 Å². The third kappa shape index (κ3) is 3.23. The first-order valence-corrected chi connectivity index (χ1v) is 17.5. The molecule has 0 atom stereocenters. The van der Waals surface area contributed by atoms with Crippen LogP contribution in [0, 0.1) is 0 Å². The third-order valence-corrected chi connectivity index (χ3v) is 14.3. The Bertz CT molecular complexity index is 2410. The summed E-state index contributed by atoms with van der Waals surface area (Å²) in [6.07, 6.45) is 0. The summed E-state index contributed by atoms with van der Waals surface area (Å²) >= 11 is 0. The van der Waals surface area contributed by atoms with Crippen LogP contribution in [0.5, 0.6) is 0 Å². The molecule has 0 unspecified atom stereocenters. The molecule has 2 nitrogen and oxygen atoms in total. The van der Waals surface area contributed by atoms with Crippen LogP contribution >= 0.6 is 0 Å². The van der Waals surface area contributed by atoms with Gasteiger partial charge in [0.05, 0.1) is 11.0 Å². The van der Waals surface area contributed by atoms with Crippen molar-refractivity contribution in [2.75, 3.05) is 0 Å². The van der Waals surface area contributed by atoms with Crippen molar-refractivity contribution in [2.24, 2.45) is 0 Å². The fraction of sp³-hybridized carbons (Fsp3) is 0. The Morgan fingerprint density at radius 1 is 0.311 bits per heavy atom. The van der Waals surface area contributed by atoms with E-state index in [1.165, 1.54) is 76.2 Å². The summed E-state index contributed by atoms with van der Waals surface area (Å²) in [5.41, 5.74) is 10.3. The molecule has 9 aromatic rings. The lowest BCUT2D eigenvalue weighted by molar-refractivity contribution is 1.21. The van der Waals surface area contributed by atoms with E-state index in [9.17, 15) is 0 Å². The Kier molecular flexibility index (Phi) is 5.05. The summed E-state index contributed by atoms with van der Waals surface area (Å²) in [7, 11) is -3.01. The lowest BCUT2D eigenvalue weighted by Gasteiger charge is -2.34. The second kappa shape index (κ2) is 9.18. The summed E-state index contributed by atoms with van der Waals surface area (Å²) in [5.74, 6) is 0. The van der Waals surface area contributed by atoms with Gasteiger partial charge in [0.25, 0.3) is 0 Å². The summed E-state index contributed by atoms with van der Waals surface area (Å²) in [4.78, 5) is 0. The molecule has 3 heterocycles. The SMILES string of the molecule is c1ccc(-c2cccc([Si]3(c4cccc(-c5ccccc5)c4)n4c5ccccc5c5ccc6c7ccccc7n3c6c54)c2)cc1. The minimum Gasteiger partial charge on any atom is -0.340 e. The minimum absolute atomic E-state index is 1.24. The van der Waals surface area contributed by atoms with Crippen LogP contribution in [0.25, 0.3) is 65.9 Å². The Morgan fingerprint density at radius 3 is 1.18 bits per heavy atom. The maximum Gasteiger partial charge on any atom is 0.340 e. The van der Waals surface area contributed by atoms with E-state index in [-0.39, 0.29) is 0 Å². The van der Waals surface area contributed by atoms with Gasteiger partial charge in [0, 0.05) is 32.6 Å². The topological polar surface area (TPSA) is 9.86 Å². The zero-order chi connectivity index (χ0) is 29.5. The molecule has 7 aromatic carbocycles. The maximum atomic E-state index is 2.78. The molecule has 0 saturated carbocycles. The first-order valence-electron chi connectivity index (χ1n) is 15.6. The predicted octanol–water partition coefficient (Wildman–Crippen LogP) is 9.20. The first-order chi connectivity index (χ1) is 22.3. The zero-order valence-electron chi connectivity index (χ0n) is 24.6. The van der Waals surface area contributed by atoms with Crippen LogP contribution in [0.15, 0.2) is 170 Å². The molecule has 10 rings (SSSR count). The quantitative estimate of drug-likeness (QED) is 0.181. The Labute approximate surface area is 262 Å². The fourth-order valence-electron chi connectivity index (χ4n) is 8.05. The van der Waals surface area contributed by atoms with E-state index >= 15 is 0 Å². The number of hydrogen-bond acceptors (Lipinski definition) is 0. The third-order valence-electron chi connectivity index (χ3n) is 9.86. The van der Waals surface area contributed by atoms with Gasteiger partial charge in [0.2, 0.25) is 0 Å². The van der Waals surface area contributed by atoms with Crippen molar-refractivity contribution in [3.63, 3.8) is 0 Å². The van der Waals surface area contributed by atoms with Crippen LogP contribution in [0.4, 0.5) is 0 Å². The van der Waals surface area contributed by atoms with Crippen molar-refractivity contribution < 1.29 is 0 Å². The van der Waals surface area contributed by atoms with Gasteiger partial charge in [-0.05, 0) is 44.8 Å². The molecule has 45 heavy (non-hydrogen) atoms. The largest absolute Gasteiger partial charge is 0.340 e. The van der Waals surface area contributed by atoms with E-state index in [0.29, 0.717) is 0 Å². The molecule has 0 spiro atoms. The number of rotatable bonds is 4. The van der Waals surface area contributed by atoms with Gasteiger partial charge in [-0.3, -0.25) is 0 Å². The molecule has 0 bridgehead atoms. The number of hydrogen-bond donors (Lipinski definition) is 0. The highest BCUT2D eigenvalue weighted by Crippen LogP contribution is 2.46. The zero-order valence-corrected chi connectivity index (χ0v) is 25.6. The van der Waals surface area contributed by atoms with Gasteiger partial charge >= 0.3 is 8.40 Å². The van der Waals surface area contributed by atoms with E-state index in [0.717, 1.165) is 0 Å². The molecule has 0 saturated heterocycles. The normalized spacial score (nSPS) is 13.5. The molecule has 0 amide bonds. The van der Waals surface area contributed by atoms with E-state index in [2.05, 4.69) is 178 Å². The number of nitrogens with zero attached hydrogens (tertiary/aromatic N) is 2. The number of fused-ring (bicyclic) bond motifs is 6. The standard InChI is InChI=1S/C42H28N2Si/c1-3-13-29(14-4-1)31-17-11-19-33(27-31)45(34-20-12-18-32(28-34)30-15-5-2-6-16-30)43-39-23-9-7-21-35(39)37-25-26-38-36-22-8-10-24-40(36)44(45)42(38)41(37)43/h1-28H.